The molecule has 0 spiro atoms. The van der Waals surface area contributed by atoms with Crippen molar-refractivity contribution in [2.75, 3.05) is 13.1 Å². The van der Waals surface area contributed by atoms with Gasteiger partial charge in [0, 0.05) is 25.1 Å². The van der Waals surface area contributed by atoms with Crippen molar-refractivity contribution in [1.29, 1.82) is 0 Å². The highest BCUT2D eigenvalue weighted by molar-refractivity contribution is 6.05. The van der Waals surface area contributed by atoms with Crippen molar-refractivity contribution >= 4 is 17.7 Å². The molecule has 7 heteroatoms. The first-order valence-corrected chi connectivity index (χ1v) is 11.3. The third kappa shape index (κ3) is 3.88. The van der Waals surface area contributed by atoms with Gasteiger partial charge in [-0.2, -0.15) is 0 Å². The Bertz CT molecular complexity index is 1060. The van der Waals surface area contributed by atoms with Crippen molar-refractivity contribution in [3.05, 3.63) is 64.7 Å². The van der Waals surface area contributed by atoms with Gasteiger partial charge in [0.2, 0.25) is 11.8 Å². The number of hydrogen-bond acceptors (Lipinski definition) is 5. The number of aromatic hydroxyl groups is 1. The topological polar surface area (TPSA) is 90.0 Å². The fourth-order valence-corrected chi connectivity index (χ4v) is 5.19. The number of hydrogen-bond donors (Lipinski definition) is 2. The van der Waals surface area contributed by atoms with Gasteiger partial charge >= 0.3 is 0 Å². The average Bonchev–Trinajstić information content (AvgIpc) is 3.10. The zero-order valence-electron chi connectivity index (χ0n) is 17.9. The van der Waals surface area contributed by atoms with Crippen LogP contribution in [0.1, 0.15) is 58.6 Å². The Balaban J connectivity index is 1.28. The van der Waals surface area contributed by atoms with E-state index in [9.17, 15) is 19.5 Å². The first-order chi connectivity index (χ1) is 15.5. The van der Waals surface area contributed by atoms with Crippen LogP contribution < -0.4 is 5.32 Å². The molecular weight excluding hydrogens is 406 g/mol. The Morgan fingerprint density at radius 1 is 1.00 bits per heavy atom. The predicted molar refractivity (Wildman–Crippen MR) is 118 cm³/mol. The summed E-state index contributed by atoms with van der Waals surface area (Å²) in [5.74, 6) is -0.573. The van der Waals surface area contributed by atoms with Crippen molar-refractivity contribution < 1.29 is 19.5 Å². The molecule has 1 atom stereocenters. The van der Waals surface area contributed by atoms with E-state index >= 15 is 0 Å². The third-order valence-corrected chi connectivity index (χ3v) is 6.95. The van der Waals surface area contributed by atoms with E-state index in [0.717, 1.165) is 43.6 Å². The van der Waals surface area contributed by atoms with Gasteiger partial charge in [-0.05, 0) is 67.1 Å². The molecule has 2 aromatic carbocycles. The summed E-state index contributed by atoms with van der Waals surface area (Å²) in [6.45, 7) is 3.18. The zero-order valence-corrected chi connectivity index (χ0v) is 17.9. The van der Waals surface area contributed by atoms with Crippen LogP contribution in [0, 0.1) is 0 Å². The van der Waals surface area contributed by atoms with Crippen LogP contribution in [-0.4, -0.2) is 51.8 Å². The molecule has 3 heterocycles. The Hall–Kier alpha value is -3.19. The van der Waals surface area contributed by atoms with Crippen molar-refractivity contribution in [3.63, 3.8) is 0 Å². The van der Waals surface area contributed by atoms with Gasteiger partial charge in [-0.25, -0.2) is 0 Å². The molecule has 1 unspecified atom stereocenters. The van der Waals surface area contributed by atoms with Crippen LogP contribution in [0.2, 0.25) is 0 Å². The number of benzene rings is 2. The lowest BCUT2D eigenvalue weighted by molar-refractivity contribution is -0.136. The molecule has 0 aromatic heterocycles. The van der Waals surface area contributed by atoms with Crippen LogP contribution >= 0.6 is 0 Å². The molecule has 0 aliphatic carbocycles. The fourth-order valence-electron chi connectivity index (χ4n) is 5.19. The van der Waals surface area contributed by atoms with Gasteiger partial charge in [-0.1, -0.05) is 30.3 Å². The second kappa shape index (κ2) is 8.39. The highest BCUT2D eigenvalue weighted by Gasteiger charge is 2.40. The predicted octanol–water partition coefficient (Wildman–Crippen LogP) is 2.53. The number of nitrogens with zero attached hydrogens (tertiary/aromatic N) is 2. The number of imide groups is 1. The largest absolute Gasteiger partial charge is 0.508 e. The van der Waals surface area contributed by atoms with Crippen LogP contribution in [-0.2, 0) is 22.7 Å². The smallest absolute Gasteiger partial charge is 0.255 e. The van der Waals surface area contributed by atoms with Crippen molar-refractivity contribution in [3.8, 4) is 5.75 Å². The average molecular weight is 434 g/mol. The molecule has 2 fully saturated rings. The number of carbonyl (C=O) groups excluding carboxylic acids is 3. The Morgan fingerprint density at radius 3 is 2.47 bits per heavy atom. The molecule has 32 heavy (non-hydrogen) atoms. The van der Waals surface area contributed by atoms with Crippen LogP contribution in [0.5, 0.6) is 5.75 Å². The number of phenolic OH excluding ortho intramolecular Hbond substituents is 1. The highest BCUT2D eigenvalue weighted by atomic mass is 16.3. The number of carbonyl (C=O) groups is 3. The molecule has 2 saturated heterocycles. The summed E-state index contributed by atoms with van der Waals surface area (Å²) >= 11 is 0. The lowest BCUT2D eigenvalue weighted by Gasteiger charge is -2.32. The number of fused-ring (bicyclic) bond motifs is 1. The SMILES string of the molecule is O=C1CCC(N2Cc3cc(C4CCN(Cc5ccccc5)CC4)c(O)cc3C2=O)C(=O)N1. The minimum Gasteiger partial charge on any atom is -0.508 e. The van der Waals surface area contributed by atoms with Gasteiger partial charge in [0.05, 0.1) is 0 Å². The van der Waals surface area contributed by atoms with Crippen LogP contribution in [0.3, 0.4) is 0 Å². The van der Waals surface area contributed by atoms with E-state index in [4.69, 9.17) is 0 Å². The molecule has 3 aliphatic heterocycles. The highest BCUT2D eigenvalue weighted by Crippen LogP contribution is 2.39. The van der Waals surface area contributed by atoms with Gasteiger partial charge in [0.25, 0.3) is 5.91 Å². The Morgan fingerprint density at radius 2 is 1.75 bits per heavy atom. The summed E-state index contributed by atoms with van der Waals surface area (Å²) in [7, 11) is 0. The maximum atomic E-state index is 12.9. The molecule has 0 bridgehead atoms. The van der Waals surface area contributed by atoms with Crippen LogP contribution in [0.15, 0.2) is 42.5 Å². The maximum Gasteiger partial charge on any atom is 0.255 e. The fraction of sp³-hybridized carbons (Fsp3) is 0.400. The summed E-state index contributed by atoms with van der Waals surface area (Å²) < 4.78 is 0. The van der Waals surface area contributed by atoms with Gasteiger partial charge in [-0.15, -0.1) is 0 Å². The zero-order chi connectivity index (χ0) is 22.2. The van der Waals surface area contributed by atoms with Crippen molar-refractivity contribution in [1.82, 2.24) is 15.1 Å². The van der Waals surface area contributed by atoms with Crippen molar-refractivity contribution in [2.45, 2.75) is 50.7 Å². The van der Waals surface area contributed by atoms with E-state index in [1.807, 2.05) is 12.1 Å². The lowest BCUT2D eigenvalue weighted by atomic mass is 9.87. The summed E-state index contributed by atoms with van der Waals surface area (Å²) in [5, 5.41) is 13.0. The molecule has 3 aliphatic rings. The summed E-state index contributed by atoms with van der Waals surface area (Å²) in [6.07, 6.45) is 2.46. The minimum absolute atomic E-state index is 0.156. The number of likely N-dealkylation sites (tertiary alicyclic amines) is 1. The summed E-state index contributed by atoms with van der Waals surface area (Å²) in [4.78, 5) is 40.6. The second-order valence-corrected chi connectivity index (χ2v) is 9.00. The molecule has 2 aromatic rings. The quantitative estimate of drug-likeness (QED) is 0.724. The normalized spacial score (nSPS) is 22.2. The summed E-state index contributed by atoms with van der Waals surface area (Å²) in [6, 6.07) is 13.3. The van der Waals surface area contributed by atoms with E-state index in [1.54, 1.807) is 6.07 Å². The van der Waals surface area contributed by atoms with E-state index in [2.05, 4.69) is 34.5 Å². The first kappa shape index (κ1) is 20.7. The first-order valence-electron chi connectivity index (χ1n) is 11.3. The van der Waals surface area contributed by atoms with Crippen LogP contribution in [0.25, 0.3) is 0 Å². The molecule has 0 saturated carbocycles. The van der Waals surface area contributed by atoms with E-state index in [0.29, 0.717) is 18.5 Å². The van der Waals surface area contributed by atoms with Gasteiger partial charge < -0.3 is 10.0 Å². The maximum absolute atomic E-state index is 12.9. The van der Waals surface area contributed by atoms with Gasteiger partial charge in [-0.3, -0.25) is 24.6 Å². The molecule has 0 radical (unpaired) electrons. The van der Waals surface area contributed by atoms with E-state index < -0.39 is 11.9 Å². The Labute approximate surface area is 187 Å². The monoisotopic (exact) mass is 433 g/mol. The molecule has 7 nitrogen and oxygen atoms in total. The molecule has 3 amide bonds. The molecule has 5 rings (SSSR count). The minimum atomic E-state index is -0.639. The number of nitrogens with one attached hydrogen (secondary N) is 1. The van der Waals surface area contributed by atoms with Gasteiger partial charge in [0.15, 0.2) is 0 Å². The lowest BCUT2D eigenvalue weighted by Crippen LogP contribution is -2.52. The van der Waals surface area contributed by atoms with E-state index in [1.165, 1.54) is 10.5 Å². The second-order valence-electron chi connectivity index (χ2n) is 9.00. The van der Waals surface area contributed by atoms with Crippen LogP contribution in [0.4, 0.5) is 0 Å². The molecular formula is C25H27N3O4. The summed E-state index contributed by atoms with van der Waals surface area (Å²) in [5.41, 5.74) is 3.50. The number of phenols is 1. The number of amides is 3. The molecule has 2 N–H and O–H groups in total. The Kier molecular flexibility index (Phi) is 5.43. The van der Waals surface area contributed by atoms with Gasteiger partial charge in [0.1, 0.15) is 11.8 Å². The number of rotatable bonds is 4. The standard InChI is InChI=1S/C25H27N3O4/c29-22-13-20-18(15-28(25(20)32)21-6-7-23(30)26-24(21)31)12-19(22)17-8-10-27(11-9-17)14-16-4-2-1-3-5-16/h1-5,12-13,17,21,29H,6-11,14-15H2,(H,26,30,31). The number of piperidine rings is 2. The van der Waals surface area contributed by atoms with E-state index in [-0.39, 0.29) is 29.9 Å². The van der Waals surface area contributed by atoms with Crippen molar-refractivity contribution in [2.24, 2.45) is 0 Å². The molecule has 166 valence electrons. The third-order valence-electron chi connectivity index (χ3n) is 6.95.